The van der Waals surface area contributed by atoms with Gasteiger partial charge in [0.2, 0.25) is 0 Å². The van der Waals surface area contributed by atoms with Gasteiger partial charge in [-0.2, -0.15) is 0 Å². The molecule has 62 valence electrons. The second-order valence-electron chi connectivity index (χ2n) is 3.29. The van der Waals surface area contributed by atoms with E-state index in [1.54, 1.807) is 0 Å². The molecular formula is C7H10O4. The van der Waals surface area contributed by atoms with Gasteiger partial charge in [-0.15, -0.1) is 0 Å². The van der Waals surface area contributed by atoms with Crippen molar-refractivity contribution in [2.75, 3.05) is 0 Å². The second kappa shape index (κ2) is 1.95. The lowest BCUT2D eigenvalue weighted by molar-refractivity contribution is -0.182. The quantitative estimate of drug-likeness (QED) is 0.452. The van der Waals surface area contributed by atoms with E-state index < -0.39 is 23.8 Å². The molecule has 1 heterocycles. The average molecular weight is 158 g/mol. The molecule has 1 saturated heterocycles. The van der Waals surface area contributed by atoms with E-state index in [4.69, 9.17) is 4.74 Å². The van der Waals surface area contributed by atoms with Crippen molar-refractivity contribution in [3.8, 4) is 0 Å². The Labute approximate surface area is 63.8 Å². The number of aliphatic hydroxyl groups is 2. The van der Waals surface area contributed by atoms with Crippen molar-refractivity contribution in [2.24, 2.45) is 0 Å². The van der Waals surface area contributed by atoms with Gasteiger partial charge < -0.3 is 14.9 Å². The van der Waals surface area contributed by atoms with Crippen LogP contribution in [-0.2, 0) is 9.53 Å². The van der Waals surface area contributed by atoms with Gasteiger partial charge in [-0.1, -0.05) is 0 Å². The monoisotopic (exact) mass is 158 g/mol. The molecule has 1 aliphatic carbocycles. The summed E-state index contributed by atoms with van der Waals surface area (Å²) in [5, 5.41) is 19.0. The first-order valence-corrected chi connectivity index (χ1v) is 3.72. The first-order valence-electron chi connectivity index (χ1n) is 3.72. The molecule has 2 fully saturated rings. The maximum absolute atomic E-state index is 10.8. The number of aliphatic hydroxyl groups excluding tert-OH is 1. The van der Waals surface area contributed by atoms with Gasteiger partial charge in [0, 0.05) is 0 Å². The van der Waals surface area contributed by atoms with E-state index >= 15 is 0 Å². The van der Waals surface area contributed by atoms with Crippen LogP contribution in [0.25, 0.3) is 0 Å². The van der Waals surface area contributed by atoms with Crippen LogP contribution in [0.4, 0.5) is 0 Å². The number of esters is 1. The summed E-state index contributed by atoms with van der Waals surface area (Å²) in [6.45, 7) is 0. The molecule has 0 radical (unpaired) electrons. The molecule has 11 heavy (non-hydrogen) atoms. The topological polar surface area (TPSA) is 66.8 Å². The summed E-state index contributed by atoms with van der Waals surface area (Å²) in [4.78, 5) is 10.8. The molecule has 2 N–H and O–H groups in total. The van der Waals surface area contributed by atoms with Gasteiger partial charge in [-0.05, 0) is 12.8 Å². The molecule has 0 aromatic heterocycles. The first-order chi connectivity index (χ1) is 5.12. The van der Waals surface area contributed by atoms with Crippen LogP contribution in [0.3, 0.4) is 0 Å². The van der Waals surface area contributed by atoms with Gasteiger partial charge in [0.15, 0.2) is 0 Å². The van der Waals surface area contributed by atoms with Crippen LogP contribution in [0.1, 0.15) is 19.3 Å². The molecule has 0 spiro atoms. The Bertz CT molecular complexity index is 203. The van der Waals surface area contributed by atoms with Crippen LogP contribution in [0.5, 0.6) is 0 Å². The number of hydrogen-bond acceptors (Lipinski definition) is 4. The Morgan fingerprint density at radius 2 is 2.36 bits per heavy atom. The van der Waals surface area contributed by atoms with Gasteiger partial charge in [0.05, 0.1) is 6.42 Å². The summed E-state index contributed by atoms with van der Waals surface area (Å²) < 4.78 is 4.81. The third-order valence-electron chi connectivity index (χ3n) is 2.50. The van der Waals surface area contributed by atoms with Crippen molar-refractivity contribution >= 4 is 5.97 Å². The van der Waals surface area contributed by atoms with Gasteiger partial charge >= 0.3 is 5.97 Å². The number of rotatable bonds is 0. The Morgan fingerprint density at radius 3 is 3.00 bits per heavy atom. The maximum Gasteiger partial charge on any atom is 0.309 e. The van der Waals surface area contributed by atoms with E-state index in [9.17, 15) is 15.0 Å². The minimum Gasteiger partial charge on any atom is -0.459 e. The summed E-state index contributed by atoms with van der Waals surface area (Å²) >= 11 is 0. The van der Waals surface area contributed by atoms with Crippen molar-refractivity contribution in [1.29, 1.82) is 0 Å². The van der Waals surface area contributed by atoms with Crippen LogP contribution >= 0.6 is 0 Å². The Balaban J connectivity index is 2.27. The third kappa shape index (κ3) is 0.862. The summed E-state index contributed by atoms with van der Waals surface area (Å²) in [7, 11) is 0. The summed E-state index contributed by atoms with van der Waals surface area (Å²) in [6, 6.07) is 0. The standard InChI is InChI=1S/C7H10O4/c8-5-3-7(10)2-1-4(11-5)6(7)9/h4,6,9-10H,1-3H2/t4?,6?,7-/m0/s1. The maximum atomic E-state index is 10.8. The van der Waals surface area contributed by atoms with Gasteiger partial charge in [-0.3, -0.25) is 4.79 Å². The van der Waals surface area contributed by atoms with E-state index in [1.807, 2.05) is 0 Å². The molecule has 0 amide bonds. The molecule has 0 aromatic rings. The predicted octanol–water partition coefficient (Wildman–Crippen LogP) is -0.812. The molecule has 2 bridgehead atoms. The second-order valence-corrected chi connectivity index (χ2v) is 3.29. The fraction of sp³-hybridized carbons (Fsp3) is 0.857. The zero-order chi connectivity index (χ0) is 8.06. The molecule has 0 aromatic carbocycles. The van der Waals surface area contributed by atoms with Crippen LogP contribution in [-0.4, -0.2) is 34.0 Å². The fourth-order valence-electron chi connectivity index (χ4n) is 1.82. The minimum absolute atomic E-state index is 0.0648. The summed E-state index contributed by atoms with van der Waals surface area (Å²) in [5.41, 5.74) is -1.19. The predicted molar refractivity (Wildman–Crippen MR) is 34.7 cm³/mol. The molecule has 4 heteroatoms. The molecule has 3 atom stereocenters. The number of hydrogen-bond donors (Lipinski definition) is 2. The highest BCUT2D eigenvalue weighted by Crippen LogP contribution is 2.39. The Hall–Kier alpha value is -0.610. The van der Waals surface area contributed by atoms with Crippen LogP contribution < -0.4 is 0 Å². The highest BCUT2D eigenvalue weighted by atomic mass is 16.6. The molecule has 2 rings (SSSR count). The SMILES string of the molecule is O=C1C[C@@]2(O)CCC(O1)C2O. The van der Waals surface area contributed by atoms with E-state index in [-0.39, 0.29) is 6.42 Å². The molecule has 2 unspecified atom stereocenters. The Morgan fingerprint density at radius 1 is 1.64 bits per heavy atom. The first kappa shape index (κ1) is 7.06. The summed E-state index contributed by atoms with van der Waals surface area (Å²) in [6.07, 6.45) is -0.375. The third-order valence-corrected chi connectivity index (χ3v) is 2.50. The lowest BCUT2D eigenvalue weighted by atomic mass is 9.94. The largest absolute Gasteiger partial charge is 0.459 e. The van der Waals surface area contributed by atoms with Gasteiger partial charge in [0.1, 0.15) is 17.8 Å². The number of fused-ring (bicyclic) bond motifs is 2. The molecule has 2 aliphatic rings. The Kier molecular flexibility index (Phi) is 1.25. The normalized spacial score (nSPS) is 49.1. The smallest absolute Gasteiger partial charge is 0.309 e. The summed E-state index contributed by atoms with van der Waals surface area (Å²) in [5.74, 6) is -0.402. The fourth-order valence-corrected chi connectivity index (χ4v) is 1.82. The molecule has 1 aliphatic heterocycles. The lowest BCUT2D eigenvalue weighted by Gasteiger charge is -2.32. The van der Waals surface area contributed by atoms with E-state index in [2.05, 4.69) is 0 Å². The van der Waals surface area contributed by atoms with Crippen molar-refractivity contribution < 1.29 is 19.7 Å². The highest BCUT2D eigenvalue weighted by molar-refractivity contribution is 5.72. The van der Waals surface area contributed by atoms with Crippen LogP contribution in [0.2, 0.25) is 0 Å². The average Bonchev–Trinajstić information content (AvgIpc) is 2.17. The van der Waals surface area contributed by atoms with Crippen molar-refractivity contribution in [1.82, 2.24) is 0 Å². The van der Waals surface area contributed by atoms with E-state index in [0.717, 1.165) is 0 Å². The molecular weight excluding hydrogens is 148 g/mol. The lowest BCUT2D eigenvalue weighted by Crippen LogP contribution is -2.49. The molecule has 1 saturated carbocycles. The van der Waals surface area contributed by atoms with Crippen LogP contribution in [0, 0.1) is 0 Å². The number of ether oxygens (including phenoxy) is 1. The highest BCUT2D eigenvalue weighted by Gasteiger charge is 2.53. The van der Waals surface area contributed by atoms with Gasteiger partial charge in [0.25, 0.3) is 0 Å². The van der Waals surface area contributed by atoms with Crippen molar-refractivity contribution in [2.45, 2.75) is 37.1 Å². The molecule has 4 nitrogen and oxygen atoms in total. The minimum atomic E-state index is -1.19. The van der Waals surface area contributed by atoms with Crippen molar-refractivity contribution in [3.63, 3.8) is 0 Å². The van der Waals surface area contributed by atoms with E-state index in [0.29, 0.717) is 12.8 Å². The zero-order valence-corrected chi connectivity index (χ0v) is 5.99. The van der Waals surface area contributed by atoms with E-state index in [1.165, 1.54) is 0 Å². The van der Waals surface area contributed by atoms with Gasteiger partial charge in [-0.25, -0.2) is 0 Å². The van der Waals surface area contributed by atoms with Crippen molar-refractivity contribution in [3.05, 3.63) is 0 Å². The van der Waals surface area contributed by atoms with Crippen LogP contribution in [0.15, 0.2) is 0 Å². The number of carbonyl (C=O) groups is 1. The number of carbonyl (C=O) groups excluding carboxylic acids is 1. The zero-order valence-electron chi connectivity index (χ0n) is 5.99.